The van der Waals surface area contributed by atoms with Crippen LogP contribution in [0.2, 0.25) is 0 Å². The van der Waals surface area contributed by atoms with Crippen LogP contribution >= 0.6 is 0 Å². The van der Waals surface area contributed by atoms with E-state index in [9.17, 15) is 18.0 Å². The van der Waals surface area contributed by atoms with E-state index in [-0.39, 0.29) is 12.5 Å². The molecule has 0 radical (unpaired) electrons. The summed E-state index contributed by atoms with van der Waals surface area (Å²) in [6.07, 6.45) is -5.02. The molecule has 0 rings (SSSR count). The molecule has 0 N–H and O–H groups in total. The number of hydrogen-bond acceptors (Lipinski definition) is 2. The SMILES string of the molecule is CCCC(CC(F)(F)F)C(=O)OC(C)C. The third kappa shape index (κ3) is 7.22. The predicted molar refractivity (Wildman–Crippen MR) is 50.3 cm³/mol. The van der Waals surface area contributed by atoms with Crippen molar-refractivity contribution in [1.82, 2.24) is 0 Å². The molecule has 0 aliphatic rings. The van der Waals surface area contributed by atoms with Gasteiger partial charge in [-0.2, -0.15) is 13.2 Å². The number of esters is 1. The summed E-state index contributed by atoms with van der Waals surface area (Å²) in [4.78, 5) is 11.3. The van der Waals surface area contributed by atoms with Crippen LogP contribution in [0.5, 0.6) is 0 Å². The smallest absolute Gasteiger partial charge is 0.389 e. The Morgan fingerprint density at radius 2 is 1.87 bits per heavy atom. The first kappa shape index (κ1) is 14.3. The summed E-state index contributed by atoms with van der Waals surface area (Å²) in [5.41, 5.74) is 0. The molecule has 1 atom stereocenters. The largest absolute Gasteiger partial charge is 0.463 e. The van der Waals surface area contributed by atoms with Crippen molar-refractivity contribution >= 4 is 5.97 Å². The fourth-order valence-corrected chi connectivity index (χ4v) is 1.26. The Bertz CT molecular complexity index is 199. The number of halogens is 3. The summed E-state index contributed by atoms with van der Waals surface area (Å²) in [5.74, 6) is -1.80. The average molecular weight is 226 g/mol. The molecule has 0 saturated heterocycles. The molecule has 0 spiro atoms. The van der Waals surface area contributed by atoms with E-state index in [1.54, 1.807) is 20.8 Å². The standard InChI is InChI=1S/C10H17F3O2/c1-4-5-8(6-10(11,12)13)9(14)15-7(2)3/h7-8H,4-6H2,1-3H3. The second-order valence-electron chi connectivity index (χ2n) is 3.79. The van der Waals surface area contributed by atoms with Crippen LogP contribution in [0.15, 0.2) is 0 Å². The Kier molecular flexibility index (Phi) is 5.68. The highest BCUT2D eigenvalue weighted by molar-refractivity contribution is 5.72. The third-order valence-corrected chi connectivity index (χ3v) is 1.80. The van der Waals surface area contributed by atoms with Gasteiger partial charge in [0, 0.05) is 0 Å². The average Bonchev–Trinajstić information content (AvgIpc) is 1.99. The lowest BCUT2D eigenvalue weighted by atomic mass is 10.00. The van der Waals surface area contributed by atoms with Crippen LogP contribution in [0.25, 0.3) is 0 Å². The van der Waals surface area contributed by atoms with Gasteiger partial charge in [0.15, 0.2) is 0 Å². The summed E-state index contributed by atoms with van der Waals surface area (Å²) >= 11 is 0. The molecule has 1 unspecified atom stereocenters. The number of carbonyl (C=O) groups excluding carboxylic acids is 1. The van der Waals surface area contributed by atoms with Gasteiger partial charge >= 0.3 is 12.1 Å². The fourth-order valence-electron chi connectivity index (χ4n) is 1.26. The molecular formula is C10H17F3O2. The zero-order valence-corrected chi connectivity index (χ0v) is 9.23. The highest BCUT2D eigenvalue weighted by Gasteiger charge is 2.35. The minimum atomic E-state index is -4.31. The van der Waals surface area contributed by atoms with Crippen molar-refractivity contribution in [2.45, 2.75) is 52.3 Å². The highest BCUT2D eigenvalue weighted by atomic mass is 19.4. The number of carbonyl (C=O) groups is 1. The predicted octanol–water partition coefficient (Wildman–Crippen LogP) is 3.31. The summed E-state index contributed by atoms with van der Waals surface area (Å²) < 4.78 is 41.1. The van der Waals surface area contributed by atoms with Crippen LogP contribution < -0.4 is 0 Å². The summed E-state index contributed by atoms with van der Waals surface area (Å²) in [7, 11) is 0. The molecule has 15 heavy (non-hydrogen) atoms. The molecule has 0 fully saturated rings. The number of ether oxygens (including phenoxy) is 1. The van der Waals surface area contributed by atoms with E-state index in [2.05, 4.69) is 0 Å². The van der Waals surface area contributed by atoms with E-state index in [4.69, 9.17) is 4.74 Å². The number of rotatable bonds is 5. The second kappa shape index (κ2) is 5.98. The molecule has 0 saturated carbocycles. The minimum Gasteiger partial charge on any atom is -0.463 e. The maximum absolute atomic E-state index is 12.1. The first-order valence-corrected chi connectivity index (χ1v) is 5.03. The van der Waals surface area contributed by atoms with Gasteiger partial charge in [-0.25, -0.2) is 0 Å². The maximum atomic E-state index is 12.1. The van der Waals surface area contributed by atoms with Gasteiger partial charge in [-0.05, 0) is 20.3 Å². The zero-order valence-electron chi connectivity index (χ0n) is 9.23. The Morgan fingerprint density at radius 3 is 2.20 bits per heavy atom. The monoisotopic (exact) mass is 226 g/mol. The lowest BCUT2D eigenvalue weighted by Crippen LogP contribution is -2.26. The fraction of sp³-hybridized carbons (Fsp3) is 0.900. The van der Waals surface area contributed by atoms with Crippen molar-refractivity contribution in [1.29, 1.82) is 0 Å². The molecule has 5 heteroatoms. The molecule has 0 bridgehead atoms. The molecule has 0 aromatic heterocycles. The molecule has 0 aliphatic heterocycles. The van der Waals surface area contributed by atoms with Crippen LogP contribution in [0, 0.1) is 5.92 Å². The molecule has 0 aromatic carbocycles. The van der Waals surface area contributed by atoms with E-state index >= 15 is 0 Å². The minimum absolute atomic E-state index is 0.213. The molecule has 0 aliphatic carbocycles. The van der Waals surface area contributed by atoms with Gasteiger partial charge in [-0.15, -0.1) is 0 Å². The van der Waals surface area contributed by atoms with Crippen molar-refractivity contribution in [2.24, 2.45) is 5.92 Å². The highest BCUT2D eigenvalue weighted by Crippen LogP contribution is 2.28. The van der Waals surface area contributed by atoms with Crippen molar-refractivity contribution < 1.29 is 22.7 Å². The quantitative estimate of drug-likeness (QED) is 0.672. The van der Waals surface area contributed by atoms with E-state index in [0.717, 1.165) is 0 Å². The lowest BCUT2D eigenvalue weighted by Gasteiger charge is -2.18. The Morgan fingerprint density at radius 1 is 1.33 bits per heavy atom. The number of hydrogen-bond donors (Lipinski definition) is 0. The third-order valence-electron chi connectivity index (χ3n) is 1.80. The van der Waals surface area contributed by atoms with E-state index in [0.29, 0.717) is 6.42 Å². The van der Waals surface area contributed by atoms with Crippen LogP contribution in [0.1, 0.15) is 40.0 Å². The summed E-state index contributed by atoms with van der Waals surface area (Å²) in [5, 5.41) is 0. The van der Waals surface area contributed by atoms with Crippen LogP contribution in [0.4, 0.5) is 13.2 Å². The van der Waals surface area contributed by atoms with Gasteiger partial charge in [0.05, 0.1) is 18.4 Å². The van der Waals surface area contributed by atoms with Crippen molar-refractivity contribution in [3.05, 3.63) is 0 Å². The van der Waals surface area contributed by atoms with Crippen molar-refractivity contribution in [2.75, 3.05) is 0 Å². The van der Waals surface area contributed by atoms with Gasteiger partial charge in [0.2, 0.25) is 0 Å². The Labute approximate surface area is 87.8 Å². The summed E-state index contributed by atoms with van der Waals surface area (Å²) in [6.45, 7) is 4.98. The van der Waals surface area contributed by atoms with E-state index in [1.165, 1.54) is 0 Å². The van der Waals surface area contributed by atoms with E-state index < -0.39 is 24.5 Å². The Balaban J connectivity index is 4.31. The van der Waals surface area contributed by atoms with Crippen LogP contribution in [-0.2, 0) is 9.53 Å². The molecule has 0 amide bonds. The first-order chi connectivity index (χ1) is 6.76. The molecule has 90 valence electrons. The van der Waals surface area contributed by atoms with Crippen LogP contribution in [0.3, 0.4) is 0 Å². The Hall–Kier alpha value is -0.740. The molecule has 0 aromatic rings. The topological polar surface area (TPSA) is 26.3 Å². The number of alkyl halides is 3. The zero-order chi connectivity index (χ0) is 12.1. The molecular weight excluding hydrogens is 209 g/mol. The van der Waals surface area contributed by atoms with Crippen LogP contribution in [-0.4, -0.2) is 18.2 Å². The normalized spacial score (nSPS) is 14.1. The van der Waals surface area contributed by atoms with Gasteiger partial charge in [-0.1, -0.05) is 13.3 Å². The summed E-state index contributed by atoms with van der Waals surface area (Å²) in [6, 6.07) is 0. The van der Waals surface area contributed by atoms with Gasteiger partial charge in [0.25, 0.3) is 0 Å². The van der Waals surface area contributed by atoms with E-state index in [1.807, 2.05) is 0 Å². The van der Waals surface area contributed by atoms with Gasteiger partial charge in [-0.3, -0.25) is 4.79 Å². The molecule has 2 nitrogen and oxygen atoms in total. The van der Waals surface area contributed by atoms with Crippen molar-refractivity contribution in [3.63, 3.8) is 0 Å². The maximum Gasteiger partial charge on any atom is 0.389 e. The van der Waals surface area contributed by atoms with Gasteiger partial charge < -0.3 is 4.74 Å². The molecule has 0 heterocycles. The second-order valence-corrected chi connectivity index (χ2v) is 3.79. The van der Waals surface area contributed by atoms with Gasteiger partial charge in [0.1, 0.15) is 0 Å². The van der Waals surface area contributed by atoms with Crippen molar-refractivity contribution in [3.8, 4) is 0 Å². The first-order valence-electron chi connectivity index (χ1n) is 5.03. The lowest BCUT2D eigenvalue weighted by molar-refractivity contribution is -0.171.